The maximum Gasteiger partial charge on any atom is 0.337 e. The van der Waals surface area contributed by atoms with Crippen LogP contribution in [-0.4, -0.2) is 35.6 Å². The minimum absolute atomic E-state index is 0.0481. The zero-order valence-electron chi connectivity index (χ0n) is 19.1. The van der Waals surface area contributed by atoms with Crippen molar-refractivity contribution in [1.29, 1.82) is 0 Å². The third-order valence-electron chi connectivity index (χ3n) is 6.39. The molecule has 0 radical (unpaired) electrons. The van der Waals surface area contributed by atoms with Gasteiger partial charge in [0.2, 0.25) is 0 Å². The van der Waals surface area contributed by atoms with Crippen LogP contribution in [0.5, 0.6) is 0 Å². The van der Waals surface area contributed by atoms with Crippen LogP contribution in [0.3, 0.4) is 0 Å². The summed E-state index contributed by atoms with van der Waals surface area (Å²) in [4.78, 5) is 47.2. The summed E-state index contributed by atoms with van der Waals surface area (Å²) in [6.07, 6.45) is 5.71. The highest BCUT2D eigenvalue weighted by Gasteiger charge is 2.28. The van der Waals surface area contributed by atoms with Gasteiger partial charge in [-0.3, -0.25) is 14.2 Å². The van der Waals surface area contributed by atoms with Crippen LogP contribution in [0.2, 0.25) is 0 Å². The van der Waals surface area contributed by atoms with E-state index < -0.39 is 34.7 Å². The third-order valence-corrected chi connectivity index (χ3v) is 6.39. The molecule has 0 bridgehead atoms. The van der Waals surface area contributed by atoms with Gasteiger partial charge in [0, 0.05) is 31.4 Å². The first-order chi connectivity index (χ1) is 17.2. The zero-order valence-corrected chi connectivity index (χ0v) is 19.1. The summed E-state index contributed by atoms with van der Waals surface area (Å²) in [7, 11) is 1.75. The molecule has 5 rings (SSSR count). The molecule has 1 amide bonds. The Hall–Kier alpha value is -4.22. The van der Waals surface area contributed by atoms with E-state index in [1.54, 1.807) is 17.8 Å². The average Bonchev–Trinajstić information content (AvgIpc) is 3.29. The van der Waals surface area contributed by atoms with Crippen LogP contribution in [0.25, 0.3) is 16.7 Å². The molecule has 36 heavy (non-hydrogen) atoms. The zero-order chi connectivity index (χ0) is 25.6. The Kier molecular flexibility index (Phi) is 5.94. The Labute approximate surface area is 201 Å². The van der Waals surface area contributed by atoms with Crippen molar-refractivity contribution in [3.63, 3.8) is 0 Å². The lowest BCUT2D eigenvalue weighted by Gasteiger charge is -2.30. The molecular formula is C24H21F3N6O3. The Morgan fingerprint density at radius 1 is 1.03 bits per heavy atom. The maximum atomic E-state index is 14.0. The van der Waals surface area contributed by atoms with Crippen molar-refractivity contribution in [2.45, 2.75) is 37.8 Å². The van der Waals surface area contributed by atoms with Crippen molar-refractivity contribution in [3.8, 4) is 5.69 Å². The number of benzene rings is 1. The van der Waals surface area contributed by atoms with Gasteiger partial charge in [-0.15, -0.1) is 0 Å². The molecule has 0 aliphatic heterocycles. The van der Waals surface area contributed by atoms with E-state index in [4.69, 9.17) is 0 Å². The number of pyridine rings is 1. The Balaban J connectivity index is 1.50. The number of halogens is 3. The van der Waals surface area contributed by atoms with Crippen LogP contribution >= 0.6 is 0 Å². The highest BCUT2D eigenvalue weighted by atomic mass is 19.2. The lowest BCUT2D eigenvalue weighted by atomic mass is 9.90. The summed E-state index contributed by atoms with van der Waals surface area (Å²) in [5, 5.41) is 2.75. The highest BCUT2D eigenvalue weighted by molar-refractivity contribution is 5.92. The Morgan fingerprint density at radius 2 is 1.78 bits per heavy atom. The van der Waals surface area contributed by atoms with E-state index >= 15 is 0 Å². The molecule has 3 aromatic heterocycles. The topological polar surface area (TPSA) is 104 Å². The second kappa shape index (κ2) is 9.10. The van der Waals surface area contributed by atoms with Gasteiger partial charge in [0.1, 0.15) is 11.5 Å². The SMILES string of the molecule is Cn1cnc(C(=O)NC2CCC(n3c(=O)c4cc(F)cnc4n(-c4ccc(F)c(F)c4)c3=O)CC2)c1. The fraction of sp³-hybridized carbons (Fsp3) is 0.292. The van der Waals surface area contributed by atoms with E-state index in [9.17, 15) is 27.6 Å². The van der Waals surface area contributed by atoms with Crippen molar-refractivity contribution < 1.29 is 18.0 Å². The fourth-order valence-electron chi connectivity index (χ4n) is 4.63. The molecule has 1 fully saturated rings. The molecule has 1 saturated carbocycles. The molecule has 12 heteroatoms. The smallest absolute Gasteiger partial charge is 0.337 e. The van der Waals surface area contributed by atoms with E-state index in [2.05, 4.69) is 15.3 Å². The van der Waals surface area contributed by atoms with Crippen molar-refractivity contribution >= 4 is 16.9 Å². The molecule has 0 spiro atoms. The number of rotatable bonds is 4. The van der Waals surface area contributed by atoms with Gasteiger partial charge in [0.15, 0.2) is 17.3 Å². The maximum absolute atomic E-state index is 14.0. The number of nitrogens with one attached hydrogen (secondary N) is 1. The van der Waals surface area contributed by atoms with Crippen molar-refractivity contribution in [3.05, 3.63) is 87.0 Å². The molecule has 3 heterocycles. The number of aryl methyl sites for hydroxylation is 1. The molecule has 9 nitrogen and oxygen atoms in total. The number of nitrogens with zero attached hydrogens (tertiary/aromatic N) is 5. The largest absolute Gasteiger partial charge is 0.348 e. The Bertz CT molecular complexity index is 1600. The number of hydrogen-bond acceptors (Lipinski definition) is 5. The summed E-state index contributed by atoms with van der Waals surface area (Å²) < 4.78 is 45.2. The van der Waals surface area contributed by atoms with Gasteiger partial charge < -0.3 is 9.88 Å². The fourth-order valence-corrected chi connectivity index (χ4v) is 4.63. The van der Waals surface area contributed by atoms with Gasteiger partial charge in [0.25, 0.3) is 11.5 Å². The summed E-state index contributed by atoms with van der Waals surface area (Å²) in [6, 6.07) is 3.10. The Morgan fingerprint density at radius 3 is 2.44 bits per heavy atom. The van der Waals surface area contributed by atoms with Gasteiger partial charge in [-0.2, -0.15) is 0 Å². The van der Waals surface area contributed by atoms with Crippen LogP contribution in [0.1, 0.15) is 42.2 Å². The van der Waals surface area contributed by atoms with Gasteiger partial charge in [0.05, 0.1) is 23.6 Å². The number of aromatic nitrogens is 5. The van der Waals surface area contributed by atoms with Crippen molar-refractivity contribution in [2.24, 2.45) is 7.05 Å². The molecule has 1 N–H and O–H groups in total. The number of imidazole rings is 1. The molecule has 0 atom stereocenters. The number of amides is 1. The molecule has 186 valence electrons. The molecule has 0 saturated heterocycles. The predicted octanol–water partition coefficient (Wildman–Crippen LogP) is 2.61. The van der Waals surface area contributed by atoms with Crippen LogP contribution in [0.15, 0.2) is 52.6 Å². The first-order valence-electron chi connectivity index (χ1n) is 11.3. The number of fused-ring (bicyclic) bond motifs is 1. The molecule has 1 aliphatic carbocycles. The van der Waals surface area contributed by atoms with Crippen LogP contribution in [-0.2, 0) is 7.05 Å². The van der Waals surface area contributed by atoms with Crippen molar-refractivity contribution in [2.75, 3.05) is 0 Å². The second-order valence-corrected chi connectivity index (χ2v) is 8.82. The molecule has 1 aromatic carbocycles. The van der Waals surface area contributed by atoms with E-state index in [0.29, 0.717) is 25.7 Å². The first kappa shape index (κ1) is 23.5. The van der Waals surface area contributed by atoms with Crippen LogP contribution in [0.4, 0.5) is 13.2 Å². The minimum Gasteiger partial charge on any atom is -0.348 e. The monoisotopic (exact) mass is 498 g/mol. The lowest BCUT2D eigenvalue weighted by molar-refractivity contribution is 0.0917. The number of hydrogen-bond donors (Lipinski definition) is 1. The summed E-state index contributed by atoms with van der Waals surface area (Å²) in [5.74, 6) is -3.38. The predicted molar refractivity (Wildman–Crippen MR) is 123 cm³/mol. The summed E-state index contributed by atoms with van der Waals surface area (Å²) in [5.41, 5.74) is -1.44. The highest BCUT2D eigenvalue weighted by Crippen LogP contribution is 2.27. The molecule has 1 aliphatic rings. The summed E-state index contributed by atoms with van der Waals surface area (Å²) in [6.45, 7) is 0. The number of carbonyl (C=O) groups excluding carboxylic acids is 1. The van der Waals surface area contributed by atoms with E-state index in [1.165, 1.54) is 12.4 Å². The van der Waals surface area contributed by atoms with E-state index in [-0.39, 0.29) is 34.4 Å². The quantitative estimate of drug-likeness (QED) is 0.466. The third kappa shape index (κ3) is 4.18. The van der Waals surface area contributed by atoms with Crippen LogP contribution in [0, 0.1) is 17.5 Å². The van der Waals surface area contributed by atoms with Crippen LogP contribution < -0.4 is 16.6 Å². The van der Waals surface area contributed by atoms with Gasteiger partial charge in [-0.05, 0) is 43.9 Å². The second-order valence-electron chi connectivity index (χ2n) is 8.82. The van der Waals surface area contributed by atoms with Crippen molar-refractivity contribution in [1.82, 2.24) is 29.0 Å². The molecule has 0 unspecified atom stereocenters. The van der Waals surface area contributed by atoms with E-state index in [1.807, 2.05) is 0 Å². The average molecular weight is 498 g/mol. The number of carbonyl (C=O) groups is 1. The van der Waals surface area contributed by atoms with E-state index in [0.717, 1.165) is 33.5 Å². The lowest BCUT2D eigenvalue weighted by Crippen LogP contribution is -2.45. The van der Waals surface area contributed by atoms with Gasteiger partial charge in [-0.25, -0.2) is 32.5 Å². The first-order valence-corrected chi connectivity index (χ1v) is 11.3. The van der Waals surface area contributed by atoms with Gasteiger partial charge >= 0.3 is 5.69 Å². The normalized spacial score (nSPS) is 17.9. The minimum atomic E-state index is -1.18. The molecule has 4 aromatic rings. The summed E-state index contributed by atoms with van der Waals surface area (Å²) >= 11 is 0. The standard InChI is InChI=1S/C24H21F3N6O3/c1-31-11-20(29-12-31)22(34)30-14-2-4-15(5-3-14)33-23(35)17-8-13(25)10-28-21(17)32(24(33)36)16-6-7-18(26)19(27)9-16/h6-12,14-15H,2-5H2,1H3,(H,30,34). The van der Waals surface area contributed by atoms with Gasteiger partial charge in [-0.1, -0.05) is 0 Å². The molecular weight excluding hydrogens is 477 g/mol.